The first-order valence-electron chi connectivity index (χ1n) is 5.15. The minimum atomic E-state index is -0.150. The summed E-state index contributed by atoms with van der Waals surface area (Å²) in [6, 6.07) is 11.0. The van der Waals surface area contributed by atoms with Crippen molar-refractivity contribution in [3.8, 4) is 0 Å². The molecular weight excluding hydrogens is 280 g/mol. The summed E-state index contributed by atoms with van der Waals surface area (Å²) < 4.78 is 0.776. The maximum atomic E-state index is 12.0. The molecule has 2 aromatic rings. The Hall–Kier alpha value is -1.68. The average molecular weight is 291 g/mol. The lowest BCUT2D eigenvalue weighted by atomic mass is 10.2. The molecule has 1 aromatic carbocycles. The Kier molecular flexibility index (Phi) is 3.54. The third kappa shape index (κ3) is 2.91. The number of aryl methyl sites for hydroxylation is 1. The first-order valence-corrected chi connectivity index (χ1v) is 5.94. The second kappa shape index (κ2) is 5.10. The fourth-order valence-corrected chi connectivity index (χ4v) is 1.85. The molecule has 0 atom stereocenters. The van der Waals surface area contributed by atoms with Crippen LogP contribution in [-0.4, -0.2) is 10.9 Å². The molecule has 1 heterocycles. The van der Waals surface area contributed by atoms with Crippen LogP contribution < -0.4 is 5.32 Å². The van der Waals surface area contributed by atoms with Gasteiger partial charge in [-0.05, 0) is 47.1 Å². The number of hydrogen-bond donors (Lipinski definition) is 1. The summed E-state index contributed by atoms with van der Waals surface area (Å²) in [7, 11) is 0. The van der Waals surface area contributed by atoms with E-state index >= 15 is 0 Å². The Bertz CT molecular complexity index is 537. The molecule has 0 bridgehead atoms. The van der Waals surface area contributed by atoms with Gasteiger partial charge in [0.15, 0.2) is 0 Å². The number of benzene rings is 1. The average Bonchev–Trinajstić information content (AvgIpc) is 2.32. The van der Waals surface area contributed by atoms with Gasteiger partial charge in [0.2, 0.25) is 0 Å². The van der Waals surface area contributed by atoms with Crippen LogP contribution in [0.5, 0.6) is 0 Å². The summed E-state index contributed by atoms with van der Waals surface area (Å²) in [5.41, 5.74) is 2.22. The molecule has 2 rings (SSSR count). The number of halogens is 1. The van der Waals surface area contributed by atoms with Gasteiger partial charge in [0.05, 0.1) is 17.4 Å². The van der Waals surface area contributed by atoms with Crippen LogP contribution in [-0.2, 0) is 0 Å². The summed E-state index contributed by atoms with van der Waals surface area (Å²) in [6.45, 7) is 1.90. The second-order valence-electron chi connectivity index (χ2n) is 3.62. The summed E-state index contributed by atoms with van der Waals surface area (Å²) in [5, 5.41) is 2.79. The van der Waals surface area contributed by atoms with E-state index < -0.39 is 0 Å². The number of hydrogen-bond acceptors (Lipinski definition) is 2. The minimum Gasteiger partial charge on any atom is -0.321 e. The van der Waals surface area contributed by atoms with Crippen molar-refractivity contribution < 1.29 is 4.79 Å². The van der Waals surface area contributed by atoms with E-state index in [0.29, 0.717) is 11.3 Å². The van der Waals surface area contributed by atoms with Crippen molar-refractivity contribution in [1.82, 2.24) is 4.98 Å². The number of anilines is 1. The number of carbonyl (C=O) groups excluding carboxylic acids is 1. The lowest BCUT2D eigenvalue weighted by molar-refractivity contribution is 0.102. The first-order chi connectivity index (χ1) is 8.16. The van der Waals surface area contributed by atoms with Crippen molar-refractivity contribution in [3.63, 3.8) is 0 Å². The summed E-state index contributed by atoms with van der Waals surface area (Å²) in [4.78, 5) is 16.1. The molecule has 3 nitrogen and oxygen atoms in total. The highest BCUT2D eigenvalue weighted by atomic mass is 79.9. The van der Waals surface area contributed by atoms with E-state index in [4.69, 9.17) is 0 Å². The Balaban J connectivity index is 2.17. The Morgan fingerprint density at radius 2 is 2.00 bits per heavy atom. The van der Waals surface area contributed by atoms with E-state index in [0.717, 1.165) is 10.2 Å². The van der Waals surface area contributed by atoms with Crippen LogP contribution in [0.15, 0.2) is 47.1 Å². The standard InChI is InChI=1S/C13H11BrN2O/c1-9-6-7-10(8-15-9)16-13(17)11-4-2-3-5-12(11)14/h2-8H,1H3,(H,16,17). The molecule has 1 aromatic heterocycles. The van der Waals surface area contributed by atoms with Gasteiger partial charge in [-0.1, -0.05) is 12.1 Å². The zero-order valence-electron chi connectivity index (χ0n) is 9.27. The number of nitrogens with one attached hydrogen (secondary N) is 1. The molecular formula is C13H11BrN2O. The first kappa shape index (κ1) is 11.8. The fraction of sp³-hybridized carbons (Fsp3) is 0.0769. The molecule has 0 aliphatic heterocycles. The fourth-order valence-electron chi connectivity index (χ4n) is 1.39. The van der Waals surface area contributed by atoms with E-state index in [9.17, 15) is 4.79 Å². The monoisotopic (exact) mass is 290 g/mol. The minimum absolute atomic E-state index is 0.150. The molecule has 86 valence electrons. The zero-order chi connectivity index (χ0) is 12.3. The van der Waals surface area contributed by atoms with Crippen LogP contribution >= 0.6 is 15.9 Å². The van der Waals surface area contributed by atoms with Gasteiger partial charge < -0.3 is 5.32 Å². The molecule has 0 radical (unpaired) electrons. The molecule has 1 amide bonds. The molecule has 0 unspecified atom stereocenters. The van der Waals surface area contributed by atoms with Crippen LogP contribution in [0.1, 0.15) is 16.1 Å². The van der Waals surface area contributed by atoms with Gasteiger partial charge in [0.1, 0.15) is 0 Å². The zero-order valence-corrected chi connectivity index (χ0v) is 10.9. The molecule has 0 aliphatic rings. The van der Waals surface area contributed by atoms with Crippen LogP contribution in [0.3, 0.4) is 0 Å². The van der Waals surface area contributed by atoms with Crippen molar-refractivity contribution in [1.29, 1.82) is 0 Å². The third-order valence-electron chi connectivity index (χ3n) is 2.29. The molecule has 0 saturated heterocycles. The molecule has 0 saturated carbocycles. The van der Waals surface area contributed by atoms with Crippen LogP contribution in [0.25, 0.3) is 0 Å². The van der Waals surface area contributed by atoms with E-state index in [1.54, 1.807) is 12.3 Å². The number of carbonyl (C=O) groups is 1. The molecule has 17 heavy (non-hydrogen) atoms. The highest BCUT2D eigenvalue weighted by Gasteiger charge is 2.09. The van der Waals surface area contributed by atoms with E-state index in [-0.39, 0.29) is 5.91 Å². The largest absolute Gasteiger partial charge is 0.321 e. The highest BCUT2D eigenvalue weighted by molar-refractivity contribution is 9.10. The summed E-state index contributed by atoms with van der Waals surface area (Å²) >= 11 is 3.35. The molecule has 0 aliphatic carbocycles. The molecule has 1 N–H and O–H groups in total. The molecule has 0 fully saturated rings. The Morgan fingerprint density at radius 1 is 1.24 bits per heavy atom. The van der Waals surface area contributed by atoms with Gasteiger partial charge >= 0.3 is 0 Å². The van der Waals surface area contributed by atoms with E-state index in [1.807, 2.05) is 37.3 Å². The van der Waals surface area contributed by atoms with Gasteiger partial charge in [0, 0.05) is 10.2 Å². The SMILES string of the molecule is Cc1ccc(NC(=O)c2ccccc2Br)cn1. The number of nitrogens with zero attached hydrogens (tertiary/aromatic N) is 1. The van der Waals surface area contributed by atoms with Crippen LogP contribution in [0.2, 0.25) is 0 Å². The van der Waals surface area contributed by atoms with Gasteiger partial charge in [-0.2, -0.15) is 0 Å². The van der Waals surface area contributed by atoms with Gasteiger partial charge in [-0.3, -0.25) is 9.78 Å². The maximum absolute atomic E-state index is 12.0. The molecule has 0 spiro atoms. The third-order valence-corrected chi connectivity index (χ3v) is 2.98. The highest BCUT2D eigenvalue weighted by Crippen LogP contribution is 2.17. The number of amides is 1. The van der Waals surface area contributed by atoms with Gasteiger partial charge in [-0.15, -0.1) is 0 Å². The van der Waals surface area contributed by atoms with Crippen molar-refractivity contribution >= 4 is 27.5 Å². The summed E-state index contributed by atoms with van der Waals surface area (Å²) in [5.74, 6) is -0.150. The topological polar surface area (TPSA) is 42.0 Å². The van der Waals surface area contributed by atoms with E-state index in [2.05, 4.69) is 26.2 Å². The normalized spacial score (nSPS) is 10.0. The van der Waals surface area contributed by atoms with Gasteiger partial charge in [0.25, 0.3) is 5.91 Å². The van der Waals surface area contributed by atoms with Crippen molar-refractivity contribution in [2.24, 2.45) is 0 Å². The lowest BCUT2D eigenvalue weighted by Gasteiger charge is -2.06. The number of pyridine rings is 1. The summed E-state index contributed by atoms with van der Waals surface area (Å²) in [6.07, 6.45) is 1.64. The predicted molar refractivity (Wildman–Crippen MR) is 71.1 cm³/mol. The maximum Gasteiger partial charge on any atom is 0.256 e. The quantitative estimate of drug-likeness (QED) is 0.921. The van der Waals surface area contributed by atoms with Gasteiger partial charge in [-0.25, -0.2) is 0 Å². The van der Waals surface area contributed by atoms with Crippen LogP contribution in [0.4, 0.5) is 5.69 Å². The number of aromatic nitrogens is 1. The Morgan fingerprint density at radius 3 is 2.65 bits per heavy atom. The van der Waals surface area contributed by atoms with Crippen molar-refractivity contribution in [3.05, 3.63) is 58.3 Å². The van der Waals surface area contributed by atoms with Crippen molar-refractivity contribution in [2.75, 3.05) is 5.32 Å². The smallest absolute Gasteiger partial charge is 0.256 e. The number of rotatable bonds is 2. The van der Waals surface area contributed by atoms with Crippen LogP contribution in [0, 0.1) is 6.92 Å². The van der Waals surface area contributed by atoms with E-state index in [1.165, 1.54) is 0 Å². The van der Waals surface area contributed by atoms with Crippen molar-refractivity contribution in [2.45, 2.75) is 6.92 Å². The Labute approximate surface area is 108 Å². The lowest BCUT2D eigenvalue weighted by Crippen LogP contribution is -2.12. The predicted octanol–water partition coefficient (Wildman–Crippen LogP) is 3.40. The second-order valence-corrected chi connectivity index (χ2v) is 4.48. The molecule has 4 heteroatoms.